The molecule has 3 aromatic rings. The Hall–Kier alpha value is -2.68. The van der Waals surface area contributed by atoms with E-state index in [2.05, 4.69) is 15.6 Å². The highest BCUT2D eigenvalue weighted by atomic mass is 32.2. The van der Waals surface area contributed by atoms with E-state index in [0.717, 1.165) is 12.8 Å². The molecule has 0 spiro atoms. The lowest BCUT2D eigenvalue weighted by atomic mass is 10.2. The maximum absolute atomic E-state index is 12.8. The molecular formula is C16H16N5O3S+. The number of aromatic nitrogens is 4. The molecule has 0 aliphatic heterocycles. The van der Waals surface area contributed by atoms with Crippen LogP contribution >= 0.6 is 11.8 Å². The second-order valence-electron chi connectivity index (χ2n) is 5.89. The Labute approximate surface area is 146 Å². The van der Waals surface area contributed by atoms with Crippen LogP contribution in [0, 0.1) is 0 Å². The summed E-state index contributed by atoms with van der Waals surface area (Å²) in [4.78, 5) is 29.4. The van der Waals surface area contributed by atoms with Crippen LogP contribution in [0.25, 0.3) is 10.9 Å². The molecule has 0 radical (unpaired) electrons. The van der Waals surface area contributed by atoms with Crippen molar-refractivity contribution < 1.29 is 14.0 Å². The maximum Gasteiger partial charge on any atom is 0.302 e. The summed E-state index contributed by atoms with van der Waals surface area (Å²) >= 11 is 1.25. The van der Waals surface area contributed by atoms with Gasteiger partial charge < -0.3 is 0 Å². The van der Waals surface area contributed by atoms with E-state index >= 15 is 0 Å². The zero-order valence-corrected chi connectivity index (χ0v) is 14.3. The van der Waals surface area contributed by atoms with Gasteiger partial charge >= 0.3 is 5.88 Å². The first-order valence-corrected chi connectivity index (χ1v) is 8.87. The van der Waals surface area contributed by atoms with Crippen molar-refractivity contribution in [1.82, 2.24) is 14.8 Å². The largest absolute Gasteiger partial charge is 0.302 e. The standard InChI is InChI=1S/C16H15N5O3S/c1-20-8-14(24-19-20)18-13(22)9-25-16-17-12-5-3-2-4-11(12)15(23)21(16)10-6-7-10/h2-5,8,10H,6-7,9H2,1H3/p+1. The first-order chi connectivity index (χ1) is 12.1. The van der Waals surface area contributed by atoms with Crippen LogP contribution in [0.15, 0.2) is 44.9 Å². The Morgan fingerprint density at radius 2 is 2.24 bits per heavy atom. The molecule has 1 N–H and O–H groups in total. The molecule has 25 heavy (non-hydrogen) atoms. The molecule has 0 unspecified atom stereocenters. The Bertz CT molecular complexity index is 1010. The number of hydrogen-bond acceptors (Lipinski definition) is 6. The Morgan fingerprint density at radius 1 is 1.44 bits per heavy atom. The van der Waals surface area contributed by atoms with Gasteiger partial charge in [0.25, 0.3) is 11.8 Å². The van der Waals surface area contributed by atoms with Gasteiger partial charge in [0.2, 0.25) is 5.91 Å². The van der Waals surface area contributed by atoms with E-state index in [9.17, 15) is 9.59 Å². The molecule has 2 heterocycles. The number of anilines is 1. The summed E-state index contributed by atoms with van der Waals surface area (Å²) in [7, 11) is 1.70. The maximum atomic E-state index is 12.8. The minimum Gasteiger partial charge on any atom is -0.288 e. The van der Waals surface area contributed by atoms with Crippen molar-refractivity contribution >= 4 is 34.5 Å². The zero-order valence-electron chi connectivity index (χ0n) is 13.5. The molecule has 1 aliphatic carbocycles. The number of carbonyl (C=O) groups is 1. The van der Waals surface area contributed by atoms with E-state index in [4.69, 9.17) is 4.52 Å². The number of fused-ring (bicyclic) bond motifs is 1. The molecule has 0 atom stereocenters. The normalized spacial score (nSPS) is 14.0. The van der Waals surface area contributed by atoms with Crippen LogP contribution in [0.5, 0.6) is 0 Å². The molecule has 1 fully saturated rings. The van der Waals surface area contributed by atoms with E-state index in [-0.39, 0.29) is 29.1 Å². The summed E-state index contributed by atoms with van der Waals surface area (Å²) < 4.78 is 8.11. The molecule has 9 heteroatoms. The Kier molecular flexibility index (Phi) is 4.00. The van der Waals surface area contributed by atoms with Gasteiger partial charge in [-0.05, 0) is 25.0 Å². The van der Waals surface area contributed by atoms with E-state index < -0.39 is 0 Å². The van der Waals surface area contributed by atoms with Crippen LogP contribution in [-0.2, 0) is 11.8 Å². The SMILES string of the molecule is C[n+]1cc(NC(=O)CSc2nc3ccccc3c(=O)n2C2CC2)on1. The van der Waals surface area contributed by atoms with Crippen LogP contribution in [0.1, 0.15) is 18.9 Å². The summed E-state index contributed by atoms with van der Waals surface area (Å²) in [6.45, 7) is 0. The monoisotopic (exact) mass is 358 g/mol. The fourth-order valence-electron chi connectivity index (χ4n) is 2.57. The third-order valence-electron chi connectivity index (χ3n) is 3.85. The van der Waals surface area contributed by atoms with E-state index in [1.807, 2.05) is 18.2 Å². The van der Waals surface area contributed by atoms with Gasteiger partial charge in [-0.2, -0.15) is 0 Å². The van der Waals surface area contributed by atoms with Crippen molar-refractivity contribution in [2.24, 2.45) is 7.05 Å². The summed E-state index contributed by atoms with van der Waals surface area (Å²) in [6.07, 6.45) is 3.50. The predicted molar refractivity (Wildman–Crippen MR) is 91.3 cm³/mol. The highest BCUT2D eigenvalue weighted by molar-refractivity contribution is 7.99. The minimum absolute atomic E-state index is 0.0433. The molecule has 8 nitrogen and oxygen atoms in total. The predicted octanol–water partition coefficient (Wildman–Crippen LogP) is 1.27. The third kappa shape index (κ3) is 3.27. The fraction of sp³-hybridized carbons (Fsp3) is 0.312. The minimum atomic E-state index is -0.244. The zero-order chi connectivity index (χ0) is 17.4. The first-order valence-electron chi connectivity index (χ1n) is 7.88. The van der Waals surface area contributed by atoms with Gasteiger partial charge in [0.1, 0.15) is 0 Å². The van der Waals surface area contributed by atoms with Gasteiger partial charge in [-0.15, -0.1) is 0 Å². The van der Waals surface area contributed by atoms with Crippen molar-refractivity contribution in [2.75, 3.05) is 11.1 Å². The van der Waals surface area contributed by atoms with E-state index in [0.29, 0.717) is 16.1 Å². The van der Waals surface area contributed by atoms with Crippen LogP contribution in [0.3, 0.4) is 0 Å². The van der Waals surface area contributed by atoms with E-state index in [1.54, 1.807) is 23.9 Å². The fourth-order valence-corrected chi connectivity index (χ4v) is 3.43. The average molecular weight is 358 g/mol. The average Bonchev–Trinajstić information content (AvgIpc) is 3.35. The smallest absolute Gasteiger partial charge is 0.288 e. The lowest BCUT2D eigenvalue weighted by molar-refractivity contribution is -0.739. The molecule has 2 aromatic heterocycles. The molecular weight excluding hydrogens is 342 g/mol. The van der Waals surface area contributed by atoms with Crippen molar-refractivity contribution in [1.29, 1.82) is 0 Å². The third-order valence-corrected chi connectivity index (χ3v) is 4.81. The van der Waals surface area contributed by atoms with Gasteiger partial charge in [-0.3, -0.25) is 24.0 Å². The van der Waals surface area contributed by atoms with E-state index in [1.165, 1.54) is 16.4 Å². The number of carbonyl (C=O) groups excluding carboxylic acids is 1. The van der Waals surface area contributed by atoms with Crippen LogP contribution in [-0.4, -0.2) is 26.5 Å². The van der Waals surface area contributed by atoms with Gasteiger partial charge in [0.05, 0.1) is 16.7 Å². The molecule has 1 aliphatic rings. The van der Waals surface area contributed by atoms with Crippen LogP contribution in [0.4, 0.5) is 5.88 Å². The Balaban J connectivity index is 1.57. The lowest BCUT2D eigenvalue weighted by Gasteiger charge is -2.11. The summed E-state index contributed by atoms with van der Waals surface area (Å²) in [5.41, 5.74) is 0.604. The van der Waals surface area contributed by atoms with Gasteiger partial charge in [0.15, 0.2) is 17.5 Å². The van der Waals surface area contributed by atoms with Gasteiger partial charge in [-0.1, -0.05) is 28.6 Å². The van der Waals surface area contributed by atoms with Crippen LogP contribution in [0.2, 0.25) is 0 Å². The molecule has 1 saturated carbocycles. The molecule has 0 bridgehead atoms. The number of rotatable bonds is 5. The van der Waals surface area contributed by atoms with Crippen LogP contribution < -0.4 is 15.6 Å². The highest BCUT2D eigenvalue weighted by Crippen LogP contribution is 2.36. The lowest BCUT2D eigenvalue weighted by Crippen LogP contribution is -2.28. The summed E-state index contributed by atoms with van der Waals surface area (Å²) in [5, 5.41) is 7.45. The number of benzene rings is 1. The first kappa shape index (κ1) is 15.8. The van der Waals surface area contributed by atoms with Crippen molar-refractivity contribution in [3.05, 3.63) is 40.8 Å². The second-order valence-corrected chi connectivity index (χ2v) is 6.84. The topological polar surface area (TPSA) is 93.9 Å². The quantitative estimate of drug-likeness (QED) is 0.419. The molecule has 0 saturated heterocycles. The number of hydrogen-bond donors (Lipinski definition) is 1. The Morgan fingerprint density at radius 3 is 2.96 bits per heavy atom. The molecule has 128 valence electrons. The highest BCUT2D eigenvalue weighted by Gasteiger charge is 2.28. The number of para-hydroxylation sites is 1. The van der Waals surface area contributed by atoms with Crippen molar-refractivity contribution in [2.45, 2.75) is 24.0 Å². The van der Waals surface area contributed by atoms with Gasteiger partial charge in [0, 0.05) is 6.04 Å². The summed E-state index contributed by atoms with van der Waals surface area (Å²) in [6, 6.07) is 7.46. The molecule has 1 amide bonds. The number of amides is 1. The number of thioether (sulfide) groups is 1. The van der Waals surface area contributed by atoms with Crippen molar-refractivity contribution in [3.63, 3.8) is 0 Å². The molecule has 4 rings (SSSR count). The number of aryl methyl sites for hydroxylation is 1. The van der Waals surface area contributed by atoms with Gasteiger partial charge in [-0.25, -0.2) is 4.98 Å². The summed E-state index contributed by atoms with van der Waals surface area (Å²) in [5.74, 6) is 0.160. The molecule has 1 aromatic carbocycles. The second kappa shape index (κ2) is 6.32. The van der Waals surface area contributed by atoms with Crippen molar-refractivity contribution in [3.8, 4) is 0 Å². The number of nitrogens with one attached hydrogen (secondary N) is 1. The number of nitrogens with zero attached hydrogens (tertiary/aromatic N) is 4.